The lowest BCUT2D eigenvalue weighted by molar-refractivity contribution is 0.393. The maximum absolute atomic E-state index is 2.40. The normalized spacial score (nSPS) is 12.8. The van der Waals surface area contributed by atoms with Gasteiger partial charge in [0.05, 0.1) is 0 Å². The van der Waals surface area contributed by atoms with Crippen molar-refractivity contribution in [1.29, 1.82) is 0 Å². The van der Waals surface area contributed by atoms with Gasteiger partial charge in [-0.25, -0.2) is 0 Å². The van der Waals surface area contributed by atoms with Gasteiger partial charge in [-0.15, -0.1) is 0 Å². The molecule has 0 saturated heterocycles. The quantitative estimate of drug-likeness (QED) is 0.110. The van der Waals surface area contributed by atoms with E-state index >= 15 is 0 Å². The molecule has 0 aromatic heterocycles. The van der Waals surface area contributed by atoms with Crippen LogP contribution in [0.3, 0.4) is 0 Å². The Morgan fingerprint density at radius 3 is 1.24 bits per heavy atom. The lowest BCUT2D eigenvalue weighted by atomic mass is 9.92. The lowest BCUT2D eigenvalue weighted by Crippen LogP contribution is -1.99. The van der Waals surface area contributed by atoms with Crippen molar-refractivity contribution in [1.82, 2.24) is 0 Å². The summed E-state index contributed by atoms with van der Waals surface area (Å²) in [5.74, 6) is 1.02. The van der Waals surface area contributed by atoms with E-state index in [0.29, 0.717) is 0 Å². The fraction of sp³-hybridized carbons (Fsp3) is 0.931. The first-order valence-corrected chi connectivity index (χ1v) is 14.0. The van der Waals surface area contributed by atoms with Crippen LogP contribution in [-0.4, -0.2) is 0 Å². The van der Waals surface area contributed by atoms with Crippen LogP contribution in [0.1, 0.15) is 168 Å². The van der Waals surface area contributed by atoms with Gasteiger partial charge in [-0.2, -0.15) is 0 Å². The average molecular weight is 407 g/mol. The zero-order valence-corrected chi connectivity index (χ0v) is 21.0. The Balaban J connectivity index is 3.17. The van der Waals surface area contributed by atoms with Crippen molar-refractivity contribution >= 4 is 0 Å². The molecule has 0 aromatic carbocycles. The fourth-order valence-corrected chi connectivity index (χ4v) is 4.57. The van der Waals surface area contributed by atoms with Gasteiger partial charge in [0.2, 0.25) is 0 Å². The minimum atomic E-state index is 1.02. The van der Waals surface area contributed by atoms with Crippen LogP contribution in [0, 0.1) is 5.92 Å². The molecule has 0 bridgehead atoms. The highest BCUT2D eigenvalue weighted by Gasteiger charge is 2.05. The summed E-state index contributed by atoms with van der Waals surface area (Å²) in [7, 11) is 0. The van der Waals surface area contributed by atoms with Crippen molar-refractivity contribution in [2.45, 2.75) is 168 Å². The molecule has 0 fully saturated rings. The van der Waals surface area contributed by atoms with Crippen LogP contribution >= 0.6 is 0 Å². The van der Waals surface area contributed by atoms with Crippen LogP contribution in [0.2, 0.25) is 0 Å². The van der Waals surface area contributed by atoms with E-state index in [1.807, 2.05) is 0 Å². The highest BCUT2D eigenvalue weighted by atomic mass is 14.1. The van der Waals surface area contributed by atoms with Crippen molar-refractivity contribution in [2.75, 3.05) is 0 Å². The predicted molar refractivity (Wildman–Crippen MR) is 136 cm³/mol. The Labute approximate surface area is 186 Å². The minimum Gasteiger partial charge on any atom is -0.0917 e. The van der Waals surface area contributed by atoms with E-state index in [9.17, 15) is 0 Å². The molecular weight excluding hydrogens is 348 g/mol. The van der Waals surface area contributed by atoms with E-state index in [2.05, 4.69) is 32.9 Å². The van der Waals surface area contributed by atoms with Crippen LogP contribution in [-0.2, 0) is 0 Å². The topological polar surface area (TPSA) is 0 Å². The molecule has 1 atom stereocenters. The third-order valence-corrected chi connectivity index (χ3v) is 6.76. The summed E-state index contributed by atoms with van der Waals surface area (Å²) in [4.78, 5) is 0. The van der Waals surface area contributed by atoms with Gasteiger partial charge >= 0.3 is 0 Å². The second-order valence-electron chi connectivity index (χ2n) is 9.57. The molecule has 0 aliphatic heterocycles. The standard InChI is InChI=1S/C29H58/c1-4-7-9-11-12-13-14-15-16-17-18-19-20-21-22-23-24-26-28-29(6-3)27-25-10-8-5-2/h4,7,29H,5-6,8-28H2,1-3H3/b7-4+. The Hall–Kier alpha value is -0.260. The maximum Gasteiger partial charge on any atom is -0.0351 e. The lowest BCUT2D eigenvalue weighted by Gasteiger charge is -2.14. The van der Waals surface area contributed by atoms with Gasteiger partial charge in [0.25, 0.3) is 0 Å². The highest BCUT2D eigenvalue weighted by Crippen LogP contribution is 2.21. The van der Waals surface area contributed by atoms with Gasteiger partial charge in [0.15, 0.2) is 0 Å². The molecule has 174 valence electrons. The summed E-state index contributed by atoms with van der Waals surface area (Å²) in [5, 5.41) is 0. The Bertz CT molecular complexity index is 303. The third-order valence-electron chi connectivity index (χ3n) is 6.76. The summed E-state index contributed by atoms with van der Waals surface area (Å²) in [6.45, 7) is 6.84. The van der Waals surface area contributed by atoms with E-state index < -0.39 is 0 Å². The predicted octanol–water partition coefficient (Wildman–Crippen LogP) is 11.2. The molecule has 0 heteroatoms. The van der Waals surface area contributed by atoms with Gasteiger partial charge in [0.1, 0.15) is 0 Å². The molecule has 0 amide bonds. The van der Waals surface area contributed by atoms with E-state index in [0.717, 1.165) is 5.92 Å². The molecule has 0 N–H and O–H groups in total. The molecule has 29 heavy (non-hydrogen) atoms. The smallest absolute Gasteiger partial charge is 0.0351 e. The molecule has 0 aliphatic carbocycles. The van der Waals surface area contributed by atoms with Crippen LogP contribution in [0.5, 0.6) is 0 Å². The molecule has 0 radical (unpaired) electrons. The molecule has 0 rings (SSSR count). The summed E-state index contributed by atoms with van der Waals surface area (Å²) in [6, 6.07) is 0. The zero-order chi connectivity index (χ0) is 21.3. The Morgan fingerprint density at radius 2 is 0.862 bits per heavy atom. The molecule has 0 aliphatic rings. The van der Waals surface area contributed by atoms with Crippen LogP contribution in [0.25, 0.3) is 0 Å². The van der Waals surface area contributed by atoms with Crippen LogP contribution in [0.4, 0.5) is 0 Å². The van der Waals surface area contributed by atoms with E-state index in [1.165, 1.54) is 148 Å². The number of hydrogen-bond acceptors (Lipinski definition) is 0. The van der Waals surface area contributed by atoms with Crippen LogP contribution < -0.4 is 0 Å². The zero-order valence-electron chi connectivity index (χ0n) is 21.0. The van der Waals surface area contributed by atoms with Gasteiger partial charge < -0.3 is 0 Å². The maximum atomic E-state index is 2.40. The summed E-state index contributed by atoms with van der Waals surface area (Å²) >= 11 is 0. The number of unbranched alkanes of at least 4 members (excludes halogenated alkanes) is 18. The first-order chi connectivity index (χ1) is 14.3. The Morgan fingerprint density at radius 1 is 0.483 bits per heavy atom. The molecule has 0 nitrogen and oxygen atoms in total. The van der Waals surface area contributed by atoms with Gasteiger partial charge in [-0.1, -0.05) is 161 Å². The second-order valence-corrected chi connectivity index (χ2v) is 9.57. The molecule has 1 unspecified atom stereocenters. The number of hydrogen-bond donors (Lipinski definition) is 0. The minimum absolute atomic E-state index is 1.02. The molecular formula is C29H58. The summed E-state index contributed by atoms with van der Waals surface area (Å²) in [5.41, 5.74) is 0. The SMILES string of the molecule is C/C=C/CCCCCCCCCCCCCCCCCC(CC)CCCCCC. The third kappa shape index (κ3) is 23.9. The fourth-order valence-electron chi connectivity index (χ4n) is 4.57. The van der Waals surface area contributed by atoms with Crippen molar-refractivity contribution < 1.29 is 0 Å². The Kier molecular flexibility index (Phi) is 25.5. The summed E-state index contributed by atoms with van der Waals surface area (Å²) in [6.07, 6.45) is 38.0. The van der Waals surface area contributed by atoms with Crippen molar-refractivity contribution in [2.24, 2.45) is 5.92 Å². The molecule has 0 aromatic rings. The van der Waals surface area contributed by atoms with E-state index in [4.69, 9.17) is 0 Å². The number of allylic oxidation sites excluding steroid dienone is 2. The van der Waals surface area contributed by atoms with Gasteiger partial charge in [-0.05, 0) is 25.7 Å². The van der Waals surface area contributed by atoms with Gasteiger partial charge in [-0.3, -0.25) is 0 Å². The molecule has 0 spiro atoms. The highest BCUT2D eigenvalue weighted by molar-refractivity contribution is 4.76. The first kappa shape index (κ1) is 28.7. The van der Waals surface area contributed by atoms with Crippen molar-refractivity contribution in [3.8, 4) is 0 Å². The average Bonchev–Trinajstić information content (AvgIpc) is 2.74. The van der Waals surface area contributed by atoms with E-state index in [1.54, 1.807) is 0 Å². The molecule has 0 saturated carbocycles. The second kappa shape index (κ2) is 25.8. The van der Waals surface area contributed by atoms with E-state index in [-0.39, 0.29) is 0 Å². The largest absolute Gasteiger partial charge is 0.0917 e. The summed E-state index contributed by atoms with van der Waals surface area (Å²) < 4.78 is 0. The first-order valence-electron chi connectivity index (χ1n) is 14.0. The monoisotopic (exact) mass is 406 g/mol. The van der Waals surface area contributed by atoms with Crippen molar-refractivity contribution in [3.63, 3.8) is 0 Å². The van der Waals surface area contributed by atoms with Crippen LogP contribution in [0.15, 0.2) is 12.2 Å². The number of rotatable bonds is 24. The van der Waals surface area contributed by atoms with Crippen molar-refractivity contribution in [3.05, 3.63) is 12.2 Å². The molecule has 0 heterocycles. The van der Waals surface area contributed by atoms with Gasteiger partial charge in [0, 0.05) is 0 Å².